The minimum atomic E-state index is -0.347. The maximum Gasteiger partial charge on any atom is 0.228 e. The number of aliphatic hydroxyl groups excluding tert-OH is 1. The molecule has 2 aliphatic rings. The molecule has 0 aromatic carbocycles. The predicted molar refractivity (Wildman–Crippen MR) is 93.3 cm³/mol. The van der Waals surface area contributed by atoms with E-state index in [1.165, 1.54) is 0 Å². The largest absolute Gasteiger partial charge is 0.393 e. The van der Waals surface area contributed by atoms with Crippen LogP contribution in [-0.2, 0) is 16.0 Å². The molecule has 0 spiro atoms. The molecule has 1 aliphatic heterocycles. The first kappa shape index (κ1) is 16.5. The van der Waals surface area contributed by atoms with Crippen LogP contribution in [0.15, 0.2) is 24.5 Å². The van der Waals surface area contributed by atoms with E-state index in [0.29, 0.717) is 19.4 Å². The van der Waals surface area contributed by atoms with Crippen molar-refractivity contribution in [1.29, 1.82) is 0 Å². The van der Waals surface area contributed by atoms with Gasteiger partial charge in [-0.25, -0.2) is 4.98 Å². The van der Waals surface area contributed by atoms with Gasteiger partial charge in [-0.05, 0) is 44.2 Å². The van der Waals surface area contributed by atoms with Crippen molar-refractivity contribution >= 4 is 11.6 Å². The van der Waals surface area contributed by atoms with Gasteiger partial charge in [0, 0.05) is 26.0 Å². The van der Waals surface area contributed by atoms with E-state index in [0.717, 1.165) is 36.2 Å². The molecular weight excluding hydrogens is 318 g/mol. The lowest BCUT2D eigenvalue weighted by atomic mass is 9.79. The molecule has 1 saturated heterocycles. The van der Waals surface area contributed by atoms with Crippen LogP contribution in [0.2, 0.25) is 0 Å². The lowest BCUT2D eigenvalue weighted by Gasteiger charge is -2.42. The molecule has 3 atom stereocenters. The Balaban J connectivity index is 1.57. The summed E-state index contributed by atoms with van der Waals surface area (Å²) >= 11 is 0. The Bertz CT molecular complexity index is 802. The summed E-state index contributed by atoms with van der Waals surface area (Å²) in [5.41, 5.74) is 2.60. The quantitative estimate of drug-likeness (QED) is 0.921. The second-order valence-corrected chi connectivity index (χ2v) is 7.36. The Morgan fingerprint density at radius 1 is 1.48 bits per heavy atom. The summed E-state index contributed by atoms with van der Waals surface area (Å²) in [4.78, 5) is 19.4. The van der Waals surface area contributed by atoms with E-state index in [9.17, 15) is 9.90 Å². The van der Waals surface area contributed by atoms with Gasteiger partial charge in [0.2, 0.25) is 5.91 Å². The van der Waals surface area contributed by atoms with Crippen LogP contribution in [0.3, 0.4) is 0 Å². The zero-order chi connectivity index (χ0) is 17.6. The number of likely N-dealkylation sites (tertiary alicyclic amines) is 1. The number of fused-ring (bicyclic) bond motifs is 2. The number of aryl methyl sites for hydroxylation is 1. The van der Waals surface area contributed by atoms with Crippen molar-refractivity contribution in [1.82, 2.24) is 14.3 Å². The molecule has 3 heterocycles. The summed E-state index contributed by atoms with van der Waals surface area (Å²) in [5.74, 6) is 0.0846. The molecule has 2 aromatic rings. The fourth-order valence-corrected chi connectivity index (χ4v) is 4.56. The average molecular weight is 343 g/mol. The van der Waals surface area contributed by atoms with E-state index in [-0.39, 0.29) is 23.7 Å². The van der Waals surface area contributed by atoms with Gasteiger partial charge in [-0.1, -0.05) is 6.07 Å². The summed E-state index contributed by atoms with van der Waals surface area (Å²) in [6, 6.07) is 3.96. The number of hydrogen-bond acceptors (Lipinski definition) is 4. The van der Waals surface area contributed by atoms with Crippen molar-refractivity contribution in [2.24, 2.45) is 0 Å². The molecule has 2 aromatic heterocycles. The van der Waals surface area contributed by atoms with Crippen molar-refractivity contribution in [3.8, 4) is 0 Å². The van der Waals surface area contributed by atoms with Gasteiger partial charge in [0.05, 0.1) is 29.9 Å². The highest BCUT2D eigenvalue weighted by molar-refractivity contribution is 5.79. The van der Waals surface area contributed by atoms with Gasteiger partial charge < -0.3 is 19.1 Å². The fraction of sp³-hybridized carbons (Fsp3) is 0.579. The topological polar surface area (TPSA) is 67.1 Å². The molecule has 2 fully saturated rings. The predicted octanol–water partition coefficient (Wildman–Crippen LogP) is 1.72. The average Bonchev–Trinajstić information content (AvgIpc) is 3.18. The number of methoxy groups -OCH3 is 1. The molecule has 0 unspecified atom stereocenters. The van der Waals surface area contributed by atoms with E-state index >= 15 is 0 Å². The molecule has 0 radical (unpaired) electrons. The third-order valence-corrected chi connectivity index (χ3v) is 6.02. The summed E-state index contributed by atoms with van der Waals surface area (Å²) < 4.78 is 7.82. The van der Waals surface area contributed by atoms with Crippen LogP contribution in [0.4, 0.5) is 0 Å². The van der Waals surface area contributed by atoms with Gasteiger partial charge in [-0.15, -0.1) is 0 Å². The molecule has 1 amide bonds. The lowest BCUT2D eigenvalue weighted by Crippen LogP contribution is -2.53. The second-order valence-electron chi connectivity index (χ2n) is 7.36. The molecule has 1 N–H and O–H groups in total. The molecule has 0 bridgehead atoms. The number of pyridine rings is 1. The van der Waals surface area contributed by atoms with Crippen LogP contribution < -0.4 is 0 Å². The molecule has 4 rings (SSSR count). The zero-order valence-electron chi connectivity index (χ0n) is 14.8. The van der Waals surface area contributed by atoms with Crippen LogP contribution >= 0.6 is 0 Å². The van der Waals surface area contributed by atoms with Crippen LogP contribution in [0.5, 0.6) is 0 Å². The molecule has 134 valence electrons. The number of ether oxygens (including phenoxy) is 1. The summed E-state index contributed by atoms with van der Waals surface area (Å²) in [6.45, 7) is 2.71. The first-order chi connectivity index (χ1) is 12.0. The highest BCUT2D eigenvalue weighted by Gasteiger charge is 2.52. The number of aromatic nitrogens is 2. The molecule has 1 aliphatic carbocycles. The molecule has 6 nitrogen and oxygen atoms in total. The number of hydrogen-bond donors (Lipinski definition) is 1. The summed E-state index contributed by atoms with van der Waals surface area (Å²) in [6.07, 6.45) is 6.72. The van der Waals surface area contributed by atoms with E-state index in [1.807, 2.05) is 34.6 Å². The van der Waals surface area contributed by atoms with Crippen LogP contribution in [0.25, 0.3) is 5.65 Å². The Morgan fingerprint density at radius 2 is 2.32 bits per heavy atom. The van der Waals surface area contributed by atoms with Crippen LogP contribution in [-0.4, -0.2) is 56.7 Å². The summed E-state index contributed by atoms with van der Waals surface area (Å²) in [5, 5.41) is 10.1. The second kappa shape index (κ2) is 6.11. The molecule has 25 heavy (non-hydrogen) atoms. The van der Waals surface area contributed by atoms with Crippen molar-refractivity contribution in [3.05, 3.63) is 35.8 Å². The van der Waals surface area contributed by atoms with Crippen molar-refractivity contribution < 1.29 is 14.6 Å². The third-order valence-electron chi connectivity index (χ3n) is 6.02. The highest BCUT2D eigenvalue weighted by Crippen LogP contribution is 2.42. The van der Waals surface area contributed by atoms with Gasteiger partial charge >= 0.3 is 0 Å². The number of carbonyl (C=O) groups excluding carboxylic acids is 1. The van der Waals surface area contributed by atoms with Crippen molar-refractivity contribution in [2.45, 2.75) is 56.8 Å². The van der Waals surface area contributed by atoms with Crippen molar-refractivity contribution in [3.63, 3.8) is 0 Å². The van der Waals surface area contributed by atoms with Gasteiger partial charge in [0.25, 0.3) is 0 Å². The number of rotatable bonds is 3. The van der Waals surface area contributed by atoms with Gasteiger partial charge in [-0.3, -0.25) is 4.79 Å². The standard InChI is InChI=1S/C19H25N3O3/c1-13-4-3-8-21-14(12-20-18(13)21)10-17(24)22-9-7-19(25-2)6-5-15(23)11-16(19)22/h3-4,8,12,15-16,23H,5-7,9-11H2,1-2H3/t15-,16+,19-/m1/s1. The van der Waals surface area contributed by atoms with E-state index in [2.05, 4.69) is 4.98 Å². The van der Waals surface area contributed by atoms with Gasteiger partial charge in [-0.2, -0.15) is 0 Å². The maximum atomic E-state index is 13.0. The zero-order valence-corrected chi connectivity index (χ0v) is 14.8. The van der Waals surface area contributed by atoms with Crippen molar-refractivity contribution in [2.75, 3.05) is 13.7 Å². The molecule has 6 heteroatoms. The Hall–Kier alpha value is -1.92. The number of amides is 1. The first-order valence-corrected chi connectivity index (χ1v) is 8.98. The van der Waals surface area contributed by atoms with E-state index in [4.69, 9.17) is 4.74 Å². The maximum absolute atomic E-state index is 13.0. The normalized spacial score (nSPS) is 29.2. The molecular formula is C19H25N3O3. The first-order valence-electron chi connectivity index (χ1n) is 8.98. The minimum absolute atomic E-state index is 0.0327. The Kier molecular flexibility index (Phi) is 4.04. The van der Waals surface area contributed by atoms with Crippen LogP contribution in [0, 0.1) is 6.92 Å². The van der Waals surface area contributed by atoms with E-state index in [1.54, 1.807) is 13.3 Å². The lowest BCUT2D eigenvalue weighted by molar-refractivity contribution is -0.139. The number of carbonyl (C=O) groups is 1. The number of aliphatic hydroxyl groups is 1. The number of nitrogens with zero attached hydrogens (tertiary/aromatic N) is 3. The van der Waals surface area contributed by atoms with Crippen LogP contribution in [0.1, 0.15) is 36.9 Å². The summed E-state index contributed by atoms with van der Waals surface area (Å²) in [7, 11) is 1.73. The fourth-order valence-electron chi connectivity index (χ4n) is 4.56. The third kappa shape index (κ3) is 2.64. The van der Waals surface area contributed by atoms with Gasteiger partial charge in [0.1, 0.15) is 5.65 Å². The number of imidazole rings is 1. The minimum Gasteiger partial charge on any atom is -0.393 e. The monoisotopic (exact) mass is 343 g/mol. The molecule has 1 saturated carbocycles. The van der Waals surface area contributed by atoms with E-state index < -0.39 is 0 Å². The van der Waals surface area contributed by atoms with Gasteiger partial charge in [0.15, 0.2) is 0 Å². The SMILES string of the molecule is CO[C@@]12CC[C@@H](O)C[C@@H]1N(C(=O)Cc1cnc3c(C)cccn13)CC2. The highest BCUT2D eigenvalue weighted by atomic mass is 16.5. The Morgan fingerprint density at radius 3 is 3.12 bits per heavy atom. The Labute approximate surface area is 147 Å². The smallest absolute Gasteiger partial charge is 0.228 e.